The maximum Gasteiger partial charge on any atom is 0.312 e. The van der Waals surface area contributed by atoms with E-state index in [9.17, 15) is 14.7 Å². The largest absolute Gasteiger partial charge is 0.486 e. The van der Waals surface area contributed by atoms with Crippen molar-refractivity contribution in [1.82, 2.24) is 5.32 Å². The molecule has 30 heavy (non-hydrogen) atoms. The fraction of sp³-hybridized carbons (Fsp3) is 0.652. The number of ether oxygens (including phenoxy) is 3. The topological polar surface area (TPSA) is 94.1 Å². The lowest BCUT2D eigenvalue weighted by molar-refractivity contribution is -0.196. The van der Waals surface area contributed by atoms with E-state index < -0.39 is 11.0 Å². The number of amides is 1. The Hall–Kier alpha value is -2.28. The van der Waals surface area contributed by atoms with Crippen LogP contribution in [0.1, 0.15) is 57.1 Å². The van der Waals surface area contributed by atoms with Crippen molar-refractivity contribution in [3.05, 3.63) is 23.8 Å². The second-order valence-electron chi connectivity index (χ2n) is 9.73. The maximum atomic E-state index is 12.9. The van der Waals surface area contributed by atoms with E-state index in [0.29, 0.717) is 43.0 Å². The first kappa shape index (κ1) is 19.7. The van der Waals surface area contributed by atoms with E-state index in [1.807, 2.05) is 25.1 Å². The number of esters is 1. The van der Waals surface area contributed by atoms with Crippen LogP contribution < -0.4 is 14.8 Å². The quantitative estimate of drug-likeness (QED) is 0.718. The Kier molecular flexibility index (Phi) is 4.69. The molecule has 0 radical (unpaired) electrons. The molecule has 162 valence electrons. The highest BCUT2D eigenvalue weighted by atomic mass is 16.6. The Morgan fingerprint density at radius 1 is 1.17 bits per heavy atom. The molecule has 2 unspecified atom stereocenters. The Balaban J connectivity index is 1.17. The van der Waals surface area contributed by atoms with Crippen molar-refractivity contribution in [1.29, 1.82) is 0 Å². The molecule has 4 aliphatic carbocycles. The number of carbonyl (C=O) groups is 2. The van der Waals surface area contributed by atoms with E-state index in [1.165, 1.54) is 0 Å². The molecular formula is C23H29NO6. The van der Waals surface area contributed by atoms with Gasteiger partial charge in [-0.3, -0.25) is 9.59 Å². The molecule has 1 aromatic rings. The molecule has 6 rings (SSSR count). The van der Waals surface area contributed by atoms with Crippen LogP contribution in [0.3, 0.4) is 0 Å². The normalized spacial score (nSPS) is 34.3. The van der Waals surface area contributed by atoms with Gasteiger partial charge >= 0.3 is 5.97 Å². The van der Waals surface area contributed by atoms with Crippen molar-refractivity contribution in [2.24, 2.45) is 17.3 Å². The lowest BCUT2D eigenvalue weighted by atomic mass is 9.48. The van der Waals surface area contributed by atoms with Crippen LogP contribution in [-0.4, -0.2) is 42.4 Å². The lowest BCUT2D eigenvalue weighted by Crippen LogP contribution is -2.58. The van der Waals surface area contributed by atoms with E-state index in [4.69, 9.17) is 14.2 Å². The predicted octanol–water partition coefficient (Wildman–Crippen LogP) is 2.51. The summed E-state index contributed by atoms with van der Waals surface area (Å²) in [4.78, 5) is 25.3. The van der Waals surface area contributed by atoms with Gasteiger partial charge in [0.15, 0.2) is 18.1 Å². The van der Waals surface area contributed by atoms with Gasteiger partial charge in [-0.2, -0.15) is 0 Å². The summed E-state index contributed by atoms with van der Waals surface area (Å²) in [6.45, 7) is 2.61. The first-order chi connectivity index (χ1) is 14.3. The summed E-state index contributed by atoms with van der Waals surface area (Å²) in [7, 11) is 0. The highest BCUT2D eigenvalue weighted by Crippen LogP contribution is 2.61. The van der Waals surface area contributed by atoms with Crippen LogP contribution >= 0.6 is 0 Å². The molecule has 1 heterocycles. The molecule has 7 heteroatoms. The summed E-state index contributed by atoms with van der Waals surface area (Å²) in [5, 5.41) is 13.7. The summed E-state index contributed by atoms with van der Waals surface area (Å²) < 4.78 is 16.6. The average molecular weight is 415 g/mol. The van der Waals surface area contributed by atoms with Gasteiger partial charge in [-0.15, -0.1) is 0 Å². The van der Waals surface area contributed by atoms with Gasteiger partial charge in [-0.25, -0.2) is 0 Å². The Labute approximate surface area is 176 Å². The molecule has 7 nitrogen and oxygen atoms in total. The zero-order valence-electron chi connectivity index (χ0n) is 17.3. The number of aliphatic hydroxyl groups is 1. The highest BCUT2D eigenvalue weighted by molar-refractivity contribution is 5.83. The van der Waals surface area contributed by atoms with Gasteiger partial charge in [-0.05, 0) is 75.0 Å². The Bertz CT molecular complexity index is 853. The van der Waals surface area contributed by atoms with Gasteiger partial charge in [0, 0.05) is 0 Å². The summed E-state index contributed by atoms with van der Waals surface area (Å²) in [5.41, 5.74) is -0.444. The van der Waals surface area contributed by atoms with Crippen LogP contribution in [0.5, 0.6) is 11.5 Å². The van der Waals surface area contributed by atoms with Crippen molar-refractivity contribution in [2.75, 3.05) is 19.8 Å². The van der Waals surface area contributed by atoms with E-state index >= 15 is 0 Å². The van der Waals surface area contributed by atoms with Crippen molar-refractivity contribution >= 4 is 11.9 Å². The smallest absolute Gasteiger partial charge is 0.312 e. The van der Waals surface area contributed by atoms with E-state index in [2.05, 4.69) is 5.32 Å². The molecule has 4 saturated carbocycles. The third-order valence-corrected chi connectivity index (χ3v) is 7.24. The molecule has 5 aliphatic rings. The van der Waals surface area contributed by atoms with Crippen LogP contribution in [0, 0.1) is 17.3 Å². The fourth-order valence-electron chi connectivity index (χ4n) is 6.43. The van der Waals surface area contributed by atoms with Crippen LogP contribution in [0.4, 0.5) is 0 Å². The van der Waals surface area contributed by atoms with Crippen molar-refractivity contribution in [2.45, 2.75) is 57.1 Å². The molecule has 0 saturated heterocycles. The zero-order valence-corrected chi connectivity index (χ0v) is 17.3. The minimum atomic E-state index is -0.724. The van der Waals surface area contributed by atoms with Gasteiger partial charge in [0.05, 0.1) is 17.1 Å². The van der Waals surface area contributed by atoms with Gasteiger partial charge in [0.2, 0.25) is 0 Å². The third kappa shape index (κ3) is 3.53. The summed E-state index contributed by atoms with van der Waals surface area (Å²) >= 11 is 0. The van der Waals surface area contributed by atoms with Gasteiger partial charge in [-0.1, -0.05) is 6.07 Å². The van der Waals surface area contributed by atoms with E-state index in [0.717, 1.165) is 37.7 Å². The standard InChI is InChI=1S/C23H29NO6/c1-14(17-2-3-18-19(7-17)29-5-4-28-18)24-20(25)12-30-21(26)22-8-15-6-16(9-22)11-23(27,10-15)13-22/h2-3,7,14-16,27H,4-6,8-13H2,1H3,(H,24,25)/t14-,15-,16+,22?,23?/m0/s1. The number of benzene rings is 1. The van der Waals surface area contributed by atoms with Crippen molar-refractivity contribution in [3.8, 4) is 11.5 Å². The molecule has 0 aromatic heterocycles. The molecule has 4 fully saturated rings. The number of carbonyl (C=O) groups excluding carboxylic acids is 2. The minimum absolute atomic E-state index is 0.257. The minimum Gasteiger partial charge on any atom is -0.486 e. The first-order valence-electron chi connectivity index (χ1n) is 10.9. The molecule has 1 amide bonds. The van der Waals surface area contributed by atoms with Gasteiger partial charge < -0.3 is 24.6 Å². The van der Waals surface area contributed by atoms with E-state index in [1.54, 1.807) is 0 Å². The average Bonchev–Trinajstić information content (AvgIpc) is 2.69. The number of rotatable bonds is 5. The molecule has 1 aliphatic heterocycles. The molecule has 2 N–H and O–H groups in total. The molecule has 1 aromatic carbocycles. The maximum absolute atomic E-state index is 12.9. The SMILES string of the molecule is C[C@H](NC(=O)COC(=O)C12C[C@@H]3C[C@@H](CC(O)(C3)C1)C2)c1ccc2c(c1)OCCO2. The second kappa shape index (κ2) is 7.15. The summed E-state index contributed by atoms with van der Waals surface area (Å²) in [5.74, 6) is 1.51. The molecular weight excluding hydrogens is 386 g/mol. The van der Waals surface area contributed by atoms with Gasteiger partial charge in [0.25, 0.3) is 5.91 Å². The molecule has 0 spiro atoms. The molecule has 4 bridgehead atoms. The first-order valence-corrected chi connectivity index (χ1v) is 10.9. The van der Waals surface area contributed by atoms with Crippen LogP contribution in [0.25, 0.3) is 0 Å². The van der Waals surface area contributed by atoms with Crippen LogP contribution in [-0.2, 0) is 14.3 Å². The van der Waals surface area contributed by atoms with Crippen LogP contribution in [0.2, 0.25) is 0 Å². The predicted molar refractivity (Wildman–Crippen MR) is 107 cm³/mol. The highest BCUT2D eigenvalue weighted by Gasteiger charge is 2.60. The lowest BCUT2D eigenvalue weighted by Gasteiger charge is -2.58. The summed E-state index contributed by atoms with van der Waals surface area (Å²) in [6, 6.07) is 5.33. The zero-order chi connectivity index (χ0) is 20.9. The number of nitrogens with one attached hydrogen (secondary N) is 1. The Morgan fingerprint density at radius 3 is 2.57 bits per heavy atom. The Morgan fingerprint density at radius 2 is 1.87 bits per heavy atom. The van der Waals surface area contributed by atoms with Gasteiger partial charge in [0.1, 0.15) is 13.2 Å². The number of fused-ring (bicyclic) bond motifs is 1. The molecule has 5 atom stereocenters. The fourth-order valence-corrected chi connectivity index (χ4v) is 6.43. The van der Waals surface area contributed by atoms with E-state index in [-0.39, 0.29) is 24.5 Å². The van der Waals surface area contributed by atoms with Crippen molar-refractivity contribution < 1.29 is 28.9 Å². The number of hydrogen-bond acceptors (Lipinski definition) is 6. The van der Waals surface area contributed by atoms with Crippen molar-refractivity contribution in [3.63, 3.8) is 0 Å². The monoisotopic (exact) mass is 415 g/mol. The second-order valence-corrected chi connectivity index (χ2v) is 9.73. The van der Waals surface area contributed by atoms with Crippen LogP contribution in [0.15, 0.2) is 18.2 Å². The third-order valence-electron chi connectivity index (χ3n) is 7.24. The summed E-state index contributed by atoms with van der Waals surface area (Å²) in [6.07, 6.45) is 4.73. The number of hydrogen-bond donors (Lipinski definition) is 2.